The van der Waals surface area contributed by atoms with E-state index in [-0.39, 0.29) is 11.7 Å². The molecule has 1 amide bonds. The van der Waals surface area contributed by atoms with Gasteiger partial charge in [-0.05, 0) is 54.1 Å². The Kier molecular flexibility index (Phi) is 5.08. The summed E-state index contributed by atoms with van der Waals surface area (Å²) < 4.78 is 30.1. The monoisotopic (exact) mass is 393 g/mol. The highest BCUT2D eigenvalue weighted by Gasteiger charge is 2.51. The summed E-state index contributed by atoms with van der Waals surface area (Å²) in [5.74, 6) is 1.20. The quantitative estimate of drug-likeness (QED) is 0.583. The van der Waals surface area contributed by atoms with Crippen LogP contribution in [0.4, 0.5) is 10.1 Å². The van der Waals surface area contributed by atoms with Crippen molar-refractivity contribution < 1.29 is 23.4 Å². The number of benzene rings is 3. The maximum Gasteiger partial charge on any atom is 0.271 e. The van der Waals surface area contributed by atoms with Crippen LogP contribution in [0.15, 0.2) is 72.8 Å². The number of rotatable bonds is 6. The number of carbonyl (C=O) groups is 1. The largest absolute Gasteiger partial charge is 0.493 e. The Morgan fingerprint density at radius 2 is 1.55 bits per heavy atom. The molecule has 6 heteroatoms. The summed E-state index contributed by atoms with van der Waals surface area (Å²) in [7, 11) is 3.12. The van der Waals surface area contributed by atoms with Crippen molar-refractivity contribution in [3.63, 3.8) is 0 Å². The van der Waals surface area contributed by atoms with Gasteiger partial charge in [-0.15, -0.1) is 0 Å². The van der Waals surface area contributed by atoms with Gasteiger partial charge in [-0.1, -0.05) is 24.3 Å². The van der Waals surface area contributed by atoms with Crippen LogP contribution in [-0.4, -0.2) is 26.2 Å². The van der Waals surface area contributed by atoms with Gasteiger partial charge >= 0.3 is 0 Å². The van der Waals surface area contributed by atoms with E-state index in [9.17, 15) is 9.18 Å². The maximum absolute atomic E-state index is 13.4. The van der Waals surface area contributed by atoms with Gasteiger partial charge in [-0.25, -0.2) is 4.39 Å². The Morgan fingerprint density at radius 1 is 0.862 bits per heavy atom. The van der Waals surface area contributed by atoms with Gasteiger partial charge in [-0.2, -0.15) is 0 Å². The molecular weight excluding hydrogens is 373 g/mol. The van der Waals surface area contributed by atoms with Crippen molar-refractivity contribution in [1.29, 1.82) is 0 Å². The molecule has 0 radical (unpaired) electrons. The SMILES string of the molecule is COc1ccc([C@H]2[C@H](Oc3ccccc3)C(=O)N2c2ccc(F)cc2)cc1OC. The van der Waals surface area contributed by atoms with Crippen LogP contribution in [0.5, 0.6) is 17.2 Å². The van der Waals surface area contributed by atoms with Gasteiger partial charge in [0.2, 0.25) is 6.10 Å². The molecule has 0 aliphatic carbocycles. The Labute approximate surface area is 168 Å². The van der Waals surface area contributed by atoms with Crippen LogP contribution >= 0.6 is 0 Å². The second-order valence-electron chi connectivity index (χ2n) is 6.60. The lowest BCUT2D eigenvalue weighted by atomic mass is 9.89. The lowest BCUT2D eigenvalue weighted by Gasteiger charge is -2.46. The number of amides is 1. The summed E-state index contributed by atoms with van der Waals surface area (Å²) in [4.78, 5) is 14.6. The zero-order valence-corrected chi connectivity index (χ0v) is 16.0. The van der Waals surface area contributed by atoms with Crippen molar-refractivity contribution in [2.75, 3.05) is 19.1 Å². The van der Waals surface area contributed by atoms with Crippen molar-refractivity contribution in [3.8, 4) is 17.2 Å². The second kappa shape index (κ2) is 7.83. The third-order valence-corrected chi connectivity index (χ3v) is 4.91. The highest BCUT2D eigenvalue weighted by atomic mass is 19.1. The van der Waals surface area contributed by atoms with Gasteiger partial charge in [0.1, 0.15) is 17.6 Å². The highest BCUT2D eigenvalue weighted by molar-refractivity contribution is 6.05. The fraction of sp³-hybridized carbons (Fsp3) is 0.174. The van der Waals surface area contributed by atoms with Gasteiger partial charge in [0.25, 0.3) is 5.91 Å². The molecule has 5 nitrogen and oxygen atoms in total. The summed E-state index contributed by atoms with van der Waals surface area (Å²) >= 11 is 0. The van der Waals surface area contributed by atoms with E-state index in [4.69, 9.17) is 14.2 Å². The predicted molar refractivity (Wildman–Crippen MR) is 107 cm³/mol. The lowest BCUT2D eigenvalue weighted by molar-refractivity contribution is -0.135. The molecule has 148 valence electrons. The summed E-state index contributed by atoms with van der Waals surface area (Å²) in [5, 5.41) is 0. The van der Waals surface area contributed by atoms with E-state index < -0.39 is 12.1 Å². The predicted octanol–water partition coefficient (Wildman–Crippen LogP) is 4.38. The van der Waals surface area contributed by atoms with E-state index in [0.29, 0.717) is 22.9 Å². The van der Waals surface area contributed by atoms with Crippen LogP contribution in [-0.2, 0) is 4.79 Å². The minimum Gasteiger partial charge on any atom is -0.493 e. The van der Waals surface area contributed by atoms with Gasteiger partial charge in [0.15, 0.2) is 11.5 Å². The number of ether oxygens (including phenoxy) is 3. The Morgan fingerprint density at radius 3 is 2.21 bits per heavy atom. The summed E-state index contributed by atoms with van der Waals surface area (Å²) in [6.07, 6.45) is -0.708. The molecule has 4 rings (SSSR count). The summed E-state index contributed by atoms with van der Waals surface area (Å²) in [6.45, 7) is 0. The molecule has 0 aromatic heterocycles. The third-order valence-electron chi connectivity index (χ3n) is 4.91. The Balaban J connectivity index is 1.72. The van der Waals surface area contributed by atoms with Crippen molar-refractivity contribution in [2.45, 2.75) is 12.1 Å². The average Bonchev–Trinajstić information content (AvgIpc) is 2.77. The van der Waals surface area contributed by atoms with E-state index in [2.05, 4.69) is 0 Å². The van der Waals surface area contributed by atoms with Crippen molar-refractivity contribution >= 4 is 11.6 Å². The Bertz CT molecular complexity index is 1010. The van der Waals surface area contributed by atoms with Gasteiger partial charge in [0.05, 0.1) is 14.2 Å². The number of methoxy groups -OCH3 is 2. The molecule has 1 saturated heterocycles. The van der Waals surface area contributed by atoms with Crippen LogP contribution in [0.3, 0.4) is 0 Å². The first kappa shape index (κ1) is 18.8. The number of halogens is 1. The number of hydrogen-bond acceptors (Lipinski definition) is 4. The van der Waals surface area contributed by atoms with E-state index >= 15 is 0 Å². The van der Waals surface area contributed by atoms with Gasteiger partial charge in [0, 0.05) is 5.69 Å². The Hall–Kier alpha value is -3.54. The fourth-order valence-corrected chi connectivity index (χ4v) is 3.47. The molecule has 0 unspecified atom stereocenters. The van der Waals surface area contributed by atoms with E-state index in [1.54, 1.807) is 49.5 Å². The molecule has 29 heavy (non-hydrogen) atoms. The number of para-hydroxylation sites is 1. The third kappa shape index (κ3) is 3.49. The zero-order valence-electron chi connectivity index (χ0n) is 16.0. The van der Waals surface area contributed by atoms with Crippen LogP contribution in [0, 0.1) is 5.82 Å². The maximum atomic E-state index is 13.4. The number of nitrogens with zero attached hydrogens (tertiary/aromatic N) is 1. The van der Waals surface area contributed by atoms with Crippen LogP contribution in [0.2, 0.25) is 0 Å². The molecule has 1 fully saturated rings. The van der Waals surface area contributed by atoms with Crippen LogP contribution in [0.1, 0.15) is 11.6 Å². The average molecular weight is 393 g/mol. The van der Waals surface area contributed by atoms with E-state index in [0.717, 1.165) is 5.56 Å². The molecule has 0 spiro atoms. The normalized spacial score (nSPS) is 18.2. The van der Waals surface area contributed by atoms with Crippen LogP contribution < -0.4 is 19.1 Å². The van der Waals surface area contributed by atoms with Gasteiger partial charge in [-0.3, -0.25) is 9.69 Å². The molecule has 0 bridgehead atoms. The van der Waals surface area contributed by atoms with E-state index in [1.165, 1.54) is 12.1 Å². The standard InChI is InChI=1S/C23H20FNO4/c1-27-19-13-8-15(14-20(19)28-2)21-22(29-18-6-4-3-5-7-18)23(26)25(21)17-11-9-16(24)10-12-17/h3-14,21-22H,1-2H3/t21-,22-/m0/s1. The first-order valence-corrected chi connectivity index (χ1v) is 9.14. The smallest absolute Gasteiger partial charge is 0.271 e. The second-order valence-corrected chi connectivity index (χ2v) is 6.60. The topological polar surface area (TPSA) is 48.0 Å². The van der Waals surface area contributed by atoms with Crippen molar-refractivity contribution in [1.82, 2.24) is 0 Å². The van der Waals surface area contributed by atoms with E-state index in [1.807, 2.05) is 30.3 Å². The molecule has 3 aromatic carbocycles. The number of β-lactam (4-membered cyclic amide) rings is 1. The molecule has 1 heterocycles. The first-order chi connectivity index (χ1) is 14.1. The van der Waals surface area contributed by atoms with Crippen molar-refractivity contribution in [2.24, 2.45) is 0 Å². The van der Waals surface area contributed by atoms with Crippen molar-refractivity contribution in [3.05, 3.63) is 84.2 Å². The number of carbonyl (C=O) groups excluding carboxylic acids is 1. The molecular formula is C23H20FNO4. The molecule has 3 aromatic rings. The molecule has 0 N–H and O–H groups in total. The summed E-state index contributed by atoms with van der Waals surface area (Å²) in [6, 6.07) is 20.1. The fourth-order valence-electron chi connectivity index (χ4n) is 3.47. The first-order valence-electron chi connectivity index (χ1n) is 9.14. The zero-order chi connectivity index (χ0) is 20.4. The van der Waals surface area contributed by atoms with Crippen LogP contribution in [0.25, 0.3) is 0 Å². The highest BCUT2D eigenvalue weighted by Crippen LogP contribution is 2.43. The minimum atomic E-state index is -0.708. The molecule has 0 saturated carbocycles. The van der Waals surface area contributed by atoms with Gasteiger partial charge < -0.3 is 14.2 Å². The molecule has 1 aliphatic rings. The number of anilines is 1. The molecule has 1 aliphatic heterocycles. The minimum absolute atomic E-state index is 0.194. The molecule has 2 atom stereocenters. The number of hydrogen-bond donors (Lipinski definition) is 0. The summed E-state index contributed by atoms with van der Waals surface area (Å²) in [5.41, 5.74) is 1.43. The lowest BCUT2D eigenvalue weighted by Crippen LogP contribution is -2.61.